The lowest BCUT2D eigenvalue weighted by Crippen LogP contribution is -2.51. The molecule has 0 spiro atoms. The van der Waals surface area contributed by atoms with Gasteiger partial charge in [0.15, 0.2) is 0 Å². The van der Waals surface area contributed by atoms with Crippen molar-refractivity contribution in [2.45, 2.75) is 78.6 Å². The lowest BCUT2D eigenvalue weighted by molar-refractivity contribution is 0.163. The zero-order chi connectivity index (χ0) is 13.9. The maximum Gasteiger partial charge on any atom is 0.0626 e. The van der Waals surface area contributed by atoms with Crippen LogP contribution in [-0.2, 0) is 0 Å². The number of nitriles is 1. The van der Waals surface area contributed by atoms with Gasteiger partial charge in [0, 0.05) is 45.0 Å². The van der Waals surface area contributed by atoms with Crippen LogP contribution in [-0.4, -0.2) is 39.7 Å². The smallest absolute Gasteiger partial charge is 0.0626 e. The molecular weight excluding hydrogens is 241 g/mol. The molecule has 0 amide bonds. The lowest BCUT2D eigenvalue weighted by Gasteiger charge is -2.53. The molecule has 0 N–H and O–H groups in total. The highest BCUT2D eigenvalue weighted by molar-refractivity contribution is 7.52. The number of nitrogens with zero attached hydrogens (tertiary/aromatic N) is 3. The molecule has 18 heavy (non-hydrogen) atoms. The van der Waals surface area contributed by atoms with Crippen LogP contribution >= 0.6 is 8.22 Å². The van der Waals surface area contributed by atoms with E-state index in [0.29, 0.717) is 30.6 Å². The van der Waals surface area contributed by atoms with Gasteiger partial charge in [-0.25, -0.2) is 0 Å². The van der Waals surface area contributed by atoms with Gasteiger partial charge in [0.05, 0.1) is 6.07 Å². The van der Waals surface area contributed by atoms with Crippen molar-refractivity contribution in [2.75, 3.05) is 6.16 Å². The summed E-state index contributed by atoms with van der Waals surface area (Å²) in [6.07, 6.45) is 2.94. The summed E-state index contributed by atoms with van der Waals surface area (Å²) in [6.45, 7) is 13.8. The molecule has 1 heterocycles. The molecule has 1 rings (SSSR count). The topological polar surface area (TPSA) is 30.3 Å². The van der Waals surface area contributed by atoms with Gasteiger partial charge in [-0.15, -0.1) is 0 Å². The molecule has 0 aliphatic carbocycles. The van der Waals surface area contributed by atoms with E-state index in [1.54, 1.807) is 0 Å². The summed E-state index contributed by atoms with van der Waals surface area (Å²) in [7, 11) is -0.318. The summed E-state index contributed by atoms with van der Waals surface area (Å²) in [5.41, 5.74) is 0. The fourth-order valence-electron chi connectivity index (χ4n) is 3.22. The first-order chi connectivity index (χ1) is 8.40. The minimum atomic E-state index is -0.318. The molecule has 4 heteroatoms. The molecule has 1 aliphatic heterocycles. The molecule has 1 aliphatic rings. The molecule has 0 aromatic rings. The Balaban J connectivity index is 2.96. The average molecular weight is 269 g/mol. The van der Waals surface area contributed by atoms with Crippen molar-refractivity contribution in [1.29, 1.82) is 5.26 Å². The SMILES string of the molecule is CC(C)N1C(C)CC(C)N(C(C)C)P1CCC#N. The molecule has 1 saturated heterocycles. The number of rotatable bonds is 4. The predicted octanol–water partition coefficient (Wildman–Crippen LogP) is 3.81. The molecule has 0 aromatic heterocycles. The Morgan fingerprint density at radius 3 is 1.89 bits per heavy atom. The van der Waals surface area contributed by atoms with Gasteiger partial charge in [-0.3, -0.25) is 9.34 Å². The minimum absolute atomic E-state index is 0.318. The summed E-state index contributed by atoms with van der Waals surface area (Å²) < 4.78 is 5.32. The molecule has 0 radical (unpaired) electrons. The molecule has 2 unspecified atom stereocenters. The zero-order valence-corrected chi connectivity index (χ0v) is 13.6. The second kappa shape index (κ2) is 6.85. The summed E-state index contributed by atoms with van der Waals surface area (Å²) in [5, 5.41) is 8.90. The van der Waals surface area contributed by atoms with Crippen molar-refractivity contribution >= 4 is 8.22 Å². The summed E-state index contributed by atoms with van der Waals surface area (Å²) in [5.74, 6) is 0. The van der Waals surface area contributed by atoms with Crippen LogP contribution in [0.5, 0.6) is 0 Å². The molecule has 104 valence electrons. The van der Waals surface area contributed by atoms with Gasteiger partial charge in [-0.05, 0) is 48.0 Å². The van der Waals surface area contributed by atoms with Crippen molar-refractivity contribution < 1.29 is 0 Å². The fraction of sp³-hybridized carbons (Fsp3) is 0.929. The quantitative estimate of drug-likeness (QED) is 0.727. The summed E-state index contributed by atoms with van der Waals surface area (Å²) in [6, 6.07) is 4.74. The first-order valence-corrected chi connectivity index (χ1v) is 8.54. The standard InChI is InChI=1S/C14H28N3P/c1-11(2)16-13(5)10-14(6)17(12(3)4)18(16)9-7-8-15/h11-14H,7,9-10H2,1-6H3. The van der Waals surface area contributed by atoms with Crippen LogP contribution in [0.1, 0.15) is 54.4 Å². The Morgan fingerprint density at radius 2 is 1.56 bits per heavy atom. The summed E-state index contributed by atoms with van der Waals surface area (Å²) >= 11 is 0. The van der Waals surface area contributed by atoms with Crippen molar-refractivity contribution in [3.05, 3.63) is 0 Å². The Hall–Kier alpha value is -0.160. The van der Waals surface area contributed by atoms with Gasteiger partial charge in [-0.2, -0.15) is 5.26 Å². The second-order valence-electron chi connectivity index (χ2n) is 5.89. The van der Waals surface area contributed by atoms with Gasteiger partial charge in [0.1, 0.15) is 0 Å². The third-order valence-corrected chi connectivity index (χ3v) is 7.00. The van der Waals surface area contributed by atoms with E-state index in [9.17, 15) is 0 Å². The van der Waals surface area contributed by atoms with Crippen molar-refractivity contribution in [3.63, 3.8) is 0 Å². The second-order valence-corrected chi connectivity index (χ2v) is 8.00. The minimum Gasteiger partial charge on any atom is -0.264 e. The normalized spacial score (nSPS) is 30.9. The molecule has 2 atom stereocenters. The van der Waals surface area contributed by atoms with E-state index >= 15 is 0 Å². The van der Waals surface area contributed by atoms with E-state index in [4.69, 9.17) is 5.26 Å². The van der Waals surface area contributed by atoms with Crippen LogP contribution < -0.4 is 0 Å². The monoisotopic (exact) mass is 269 g/mol. The number of hydrogen-bond donors (Lipinski definition) is 0. The van der Waals surface area contributed by atoms with Crippen LogP contribution in [0.25, 0.3) is 0 Å². The molecular formula is C14H28N3P. The maximum atomic E-state index is 8.90. The maximum absolute atomic E-state index is 8.90. The molecule has 0 saturated carbocycles. The highest BCUT2D eigenvalue weighted by atomic mass is 31.1. The fourth-order valence-corrected chi connectivity index (χ4v) is 6.38. The molecule has 0 bridgehead atoms. The Kier molecular flexibility index (Phi) is 6.05. The van der Waals surface area contributed by atoms with Crippen LogP contribution in [0.3, 0.4) is 0 Å². The Morgan fingerprint density at radius 1 is 1.11 bits per heavy atom. The van der Waals surface area contributed by atoms with Crippen molar-refractivity contribution in [1.82, 2.24) is 9.34 Å². The van der Waals surface area contributed by atoms with Gasteiger partial charge in [0.25, 0.3) is 0 Å². The van der Waals surface area contributed by atoms with Crippen molar-refractivity contribution in [3.8, 4) is 6.07 Å². The van der Waals surface area contributed by atoms with Crippen LogP contribution in [0, 0.1) is 11.3 Å². The first kappa shape index (κ1) is 15.9. The zero-order valence-electron chi connectivity index (χ0n) is 12.7. The summed E-state index contributed by atoms with van der Waals surface area (Å²) in [4.78, 5) is 0. The Labute approximate surface area is 114 Å². The Bertz CT molecular complexity index is 278. The third kappa shape index (κ3) is 3.44. The van der Waals surface area contributed by atoms with Gasteiger partial charge >= 0.3 is 0 Å². The average Bonchev–Trinajstić information content (AvgIpc) is 2.23. The molecule has 3 nitrogen and oxygen atoms in total. The van der Waals surface area contributed by atoms with Gasteiger partial charge in [-0.1, -0.05) is 0 Å². The van der Waals surface area contributed by atoms with Gasteiger partial charge in [0.2, 0.25) is 0 Å². The highest BCUT2D eigenvalue weighted by Gasteiger charge is 2.39. The van der Waals surface area contributed by atoms with E-state index < -0.39 is 0 Å². The van der Waals surface area contributed by atoms with E-state index in [1.807, 2.05) is 0 Å². The van der Waals surface area contributed by atoms with Crippen LogP contribution in [0.15, 0.2) is 0 Å². The largest absolute Gasteiger partial charge is 0.264 e. The number of hydrogen-bond acceptors (Lipinski definition) is 3. The predicted molar refractivity (Wildman–Crippen MR) is 79.5 cm³/mol. The van der Waals surface area contributed by atoms with E-state index in [1.165, 1.54) is 6.42 Å². The third-order valence-electron chi connectivity index (χ3n) is 3.60. The van der Waals surface area contributed by atoms with E-state index in [0.717, 1.165) is 6.16 Å². The van der Waals surface area contributed by atoms with Gasteiger partial charge < -0.3 is 0 Å². The first-order valence-electron chi connectivity index (χ1n) is 7.11. The van der Waals surface area contributed by atoms with Crippen LogP contribution in [0.4, 0.5) is 0 Å². The van der Waals surface area contributed by atoms with E-state index in [-0.39, 0.29) is 8.22 Å². The van der Waals surface area contributed by atoms with Crippen molar-refractivity contribution in [2.24, 2.45) is 0 Å². The highest BCUT2D eigenvalue weighted by Crippen LogP contribution is 2.54. The molecule has 0 aromatic carbocycles. The van der Waals surface area contributed by atoms with E-state index in [2.05, 4.69) is 57.0 Å². The van der Waals surface area contributed by atoms with Crippen LogP contribution in [0.2, 0.25) is 0 Å². The lowest BCUT2D eigenvalue weighted by atomic mass is 10.1. The molecule has 1 fully saturated rings.